The summed E-state index contributed by atoms with van der Waals surface area (Å²) >= 11 is 0. The first-order valence-electron chi connectivity index (χ1n) is 7.11. The van der Waals surface area contributed by atoms with Crippen molar-refractivity contribution in [3.8, 4) is 11.3 Å². The van der Waals surface area contributed by atoms with Crippen molar-refractivity contribution < 1.29 is 13.2 Å². The number of aromatic amines is 1. The fraction of sp³-hybridized carbons (Fsp3) is 0.400. The number of likely N-dealkylation sites (tertiary alicyclic amines) is 1. The van der Waals surface area contributed by atoms with Crippen LogP contribution in [0.3, 0.4) is 0 Å². The van der Waals surface area contributed by atoms with Crippen LogP contribution in [0.25, 0.3) is 11.3 Å². The molecule has 8 heteroatoms. The minimum Gasteiger partial charge on any atom is -0.326 e. The maximum absolute atomic E-state index is 12.6. The van der Waals surface area contributed by atoms with Crippen LogP contribution in [-0.2, 0) is 12.7 Å². The maximum atomic E-state index is 12.6. The zero-order valence-corrected chi connectivity index (χ0v) is 13.1. The molecule has 1 aromatic carbocycles. The lowest BCUT2D eigenvalue weighted by molar-refractivity contribution is -0.137. The summed E-state index contributed by atoms with van der Waals surface area (Å²) in [4.78, 5) is 2.23. The first-order valence-corrected chi connectivity index (χ1v) is 7.11. The van der Waals surface area contributed by atoms with E-state index in [0.717, 1.165) is 42.9 Å². The first kappa shape index (κ1) is 17.8. The molecule has 126 valence electrons. The number of hydrogen-bond donors (Lipinski definition) is 2. The van der Waals surface area contributed by atoms with Crippen LogP contribution in [0.2, 0.25) is 0 Å². The van der Waals surface area contributed by atoms with Gasteiger partial charge in [0.1, 0.15) is 0 Å². The SMILES string of the molecule is Cl.NC1CCN(Cc2cn[nH]c2-c2ccc(C(F)(F)F)cc2)C1. The summed E-state index contributed by atoms with van der Waals surface area (Å²) in [6.45, 7) is 2.46. The lowest BCUT2D eigenvalue weighted by Crippen LogP contribution is -2.26. The third kappa shape index (κ3) is 4.04. The van der Waals surface area contributed by atoms with Gasteiger partial charge in [-0.2, -0.15) is 18.3 Å². The molecule has 1 aliphatic heterocycles. The Labute approximate surface area is 138 Å². The number of nitrogens with zero attached hydrogens (tertiary/aromatic N) is 2. The monoisotopic (exact) mass is 346 g/mol. The predicted octanol–water partition coefficient (Wildman–Crippen LogP) is 3.05. The topological polar surface area (TPSA) is 57.9 Å². The summed E-state index contributed by atoms with van der Waals surface area (Å²) in [5, 5.41) is 6.90. The highest BCUT2D eigenvalue weighted by Crippen LogP contribution is 2.31. The summed E-state index contributed by atoms with van der Waals surface area (Å²) in [5.41, 5.74) is 7.66. The molecular formula is C15H18ClF3N4. The van der Waals surface area contributed by atoms with Gasteiger partial charge in [0.25, 0.3) is 0 Å². The number of alkyl halides is 3. The van der Waals surface area contributed by atoms with E-state index in [2.05, 4.69) is 15.1 Å². The lowest BCUT2D eigenvalue weighted by atomic mass is 10.1. The van der Waals surface area contributed by atoms with Crippen molar-refractivity contribution in [3.63, 3.8) is 0 Å². The van der Waals surface area contributed by atoms with Gasteiger partial charge in [-0.3, -0.25) is 10.00 Å². The van der Waals surface area contributed by atoms with Crippen LogP contribution in [0.15, 0.2) is 30.5 Å². The van der Waals surface area contributed by atoms with E-state index < -0.39 is 11.7 Å². The molecule has 0 aliphatic carbocycles. The average Bonchev–Trinajstić information content (AvgIpc) is 3.08. The molecule has 0 bridgehead atoms. The molecule has 0 saturated carbocycles. The lowest BCUT2D eigenvalue weighted by Gasteiger charge is -2.15. The van der Waals surface area contributed by atoms with E-state index in [-0.39, 0.29) is 18.4 Å². The van der Waals surface area contributed by atoms with E-state index >= 15 is 0 Å². The van der Waals surface area contributed by atoms with Gasteiger partial charge < -0.3 is 5.73 Å². The molecule has 0 radical (unpaired) electrons. The Hall–Kier alpha value is -1.57. The molecule has 4 nitrogen and oxygen atoms in total. The Morgan fingerprint density at radius 3 is 2.52 bits per heavy atom. The fourth-order valence-corrected chi connectivity index (χ4v) is 2.75. The maximum Gasteiger partial charge on any atom is 0.416 e. The molecule has 3 rings (SSSR count). The molecule has 2 heterocycles. The molecule has 2 aromatic rings. The van der Waals surface area contributed by atoms with E-state index in [9.17, 15) is 13.2 Å². The van der Waals surface area contributed by atoms with E-state index in [4.69, 9.17) is 5.73 Å². The van der Waals surface area contributed by atoms with Gasteiger partial charge in [-0.25, -0.2) is 0 Å². The summed E-state index contributed by atoms with van der Waals surface area (Å²) in [5.74, 6) is 0. The summed E-state index contributed by atoms with van der Waals surface area (Å²) in [6, 6.07) is 5.31. The van der Waals surface area contributed by atoms with Crippen LogP contribution in [0.1, 0.15) is 17.5 Å². The number of H-pyrrole nitrogens is 1. The molecule has 1 unspecified atom stereocenters. The van der Waals surface area contributed by atoms with Gasteiger partial charge >= 0.3 is 6.18 Å². The second-order valence-corrected chi connectivity index (χ2v) is 5.63. The second kappa shape index (κ2) is 6.90. The highest BCUT2D eigenvalue weighted by molar-refractivity contribution is 5.85. The molecule has 23 heavy (non-hydrogen) atoms. The van der Waals surface area contributed by atoms with Crippen LogP contribution >= 0.6 is 12.4 Å². The van der Waals surface area contributed by atoms with Crippen LogP contribution in [0.5, 0.6) is 0 Å². The molecule has 1 aromatic heterocycles. The van der Waals surface area contributed by atoms with Gasteiger partial charge in [-0.15, -0.1) is 12.4 Å². The Morgan fingerprint density at radius 1 is 1.26 bits per heavy atom. The fourth-order valence-electron chi connectivity index (χ4n) is 2.75. The van der Waals surface area contributed by atoms with Crippen LogP contribution in [0.4, 0.5) is 13.2 Å². The van der Waals surface area contributed by atoms with Crippen molar-refractivity contribution in [1.29, 1.82) is 0 Å². The van der Waals surface area contributed by atoms with E-state index in [1.807, 2.05) is 0 Å². The highest BCUT2D eigenvalue weighted by atomic mass is 35.5. The predicted molar refractivity (Wildman–Crippen MR) is 84.1 cm³/mol. The van der Waals surface area contributed by atoms with Crippen LogP contribution in [0, 0.1) is 0 Å². The van der Waals surface area contributed by atoms with Gasteiger partial charge in [0.15, 0.2) is 0 Å². The molecule has 3 N–H and O–H groups in total. The van der Waals surface area contributed by atoms with E-state index in [1.54, 1.807) is 6.20 Å². The Balaban J connectivity index is 0.00000192. The normalized spacial score (nSPS) is 18.9. The summed E-state index contributed by atoms with van der Waals surface area (Å²) < 4.78 is 37.8. The quantitative estimate of drug-likeness (QED) is 0.898. The van der Waals surface area contributed by atoms with Crippen molar-refractivity contribution in [1.82, 2.24) is 15.1 Å². The highest BCUT2D eigenvalue weighted by Gasteiger charge is 2.30. The number of nitrogens with one attached hydrogen (secondary N) is 1. The van der Waals surface area contributed by atoms with E-state index in [0.29, 0.717) is 12.1 Å². The Kier molecular flexibility index (Phi) is 5.33. The number of nitrogens with two attached hydrogens (primary N) is 1. The minimum absolute atomic E-state index is 0. The zero-order valence-electron chi connectivity index (χ0n) is 12.3. The van der Waals surface area contributed by atoms with Crippen LogP contribution < -0.4 is 5.73 Å². The molecular weight excluding hydrogens is 329 g/mol. The van der Waals surface area contributed by atoms with Crippen molar-refractivity contribution in [3.05, 3.63) is 41.6 Å². The molecule has 0 spiro atoms. The van der Waals surface area contributed by atoms with Gasteiger partial charge in [-0.1, -0.05) is 12.1 Å². The van der Waals surface area contributed by atoms with Crippen molar-refractivity contribution in [2.24, 2.45) is 5.73 Å². The minimum atomic E-state index is -4.32. The standard InChI is InChI=1S/C15H17F3N4.ClH/c16-15(17,18)12-3-1-10(2-4-12)14-11(7-20-21-14)8-22-6-5-13(19)9-22;/h1-4,7,13H,5-6,8-9,19H2,(H,20,21);1H. The molecule has 0 amide bonds. The van der Waals surface area contributed by atoms with Gasteiger partial charge in [0.2, 0.25) is 0 Å². The molecule has 1 aliphatic rings. The van der Waals surface area contributed by atoms with E-state index in [1.165, 1.54) is 12.1 Å². The number of hydrogen-bond acceptors (Lipinski definition) is 3. The summed E-state index contributed by atoms with van der Waals surface area (Å²) in [6.07, 6.45) is -1.63. The van der Waals surface area contributed by atoms with Gasteiger partial charge in [-0.05, 0) is 24.1 Å². The number of benzene rings is 1. The molecule has 1 saturated heterocycles. The van der Waals surface area contributed by atoms with Gasteiger partial charge in [0.05, 0.1) is 17.5 Å². The molecule has 1 atom stereocenters. The Bertz CT molecular complexity index is 639. The molecule has 1 fully saturated rings. The third-order valence-corrected chi connectivity index (χ3v) is 3.92. The summed E-state index contributed by atoms with van der Waals surface area (Å²) in [7, 11) is 0. The van der Waals surface area contributed by atoms with Crippen molar-refractivity contribution in [2.45, 2.75) is 25.2 Å². The Morgan fingerprint density at radius 2 is 1.96 bits per heavy atom. The number of rotatable bonds is 3. The third-order valence-electron chi connectivity index (χ3n) is 3.92. The number of halogens is 4. The van der Waals surface area contributed by atoms with Crippen LogP contribution in [-0.4, -0.2) is 34.2 Å². The van der Waals surface area contributed by atoms with Crippen molar-refractivity contribution >= 4 is 12.4 Å². The van der Waals surface area contributed by atoms with Crippen molar-refractivity contribution in [2.75, 3.05) is 13.1 Å². The number of aromatic nitrogens is 2. The van der Waals surface area contributed by atoms with Gasteiger partial charge in [0, 0.05) is 31.2 Å². The second-order valence-electron chi connectivity index (χ2n) is 5.63. The zero-order chi connectivity index (χ0) is 15.7. The smallest absolute Gasteiger partial charge is 0.326 e. The largest absolute Gasteiger partial charge is 0.416 e. The average molecular weight is 347 g/mol. The first-order chi connectivity index (χ1) is 10.4.